The lowest BCUT2D eigenvalue weighted by Crippen LogP contribution is -2.45. The summed E-state index contributed by atoms with van der Waals surface area (Å²) in [4.78, 5) is 31.1. The van der Waals surface area contributed by atoms with Gasteiger partial charge in [0.15, 0.2) is 0 Å². The smallest absolute Gasteiger partial charge is 0.313 e. The molecule has 3 rings (SSSR count). The summed E-state index contributed by atoms with van der Waals surface area (Å²) in [5.74, 6) is -0.352. The molecule has 1 aliphatic carbocycles. The minimum Gasteiger partial charge on any atom is -0.372 e. The van der Waals surface area contributed by atoms with Crippen molar-refractivity contribution >= 4 is 23.3 Å². The van der Waals surface area contributed by atoms with E-state index in [1.165, 1.54) is 19.3 Å². The molecule has 0 aromatic carbocycles. The second-order valence-corrected chi connectivity index (χ2v) is 8.04. The van der Waals surface area contributed by atoms with E-state index in [-0.39, 0.29) is 18.2 Å². The predicted octanol–water partition coefficient (Wildman–Crippen LogP) is 2.86. The van der Waals surface area contributed by atoms with E-state index in [4.69, 9.17) is 4.74 Å². The van der Waals surface area contributed by atoms with Crippen LogP contribution in [0.2, 0.25) is 0 Å². The van der Waals surface area contributed by atoms with Crippen molar-refractivity contribution in [3.05, 3.63) is 18.3 Å². The summed E-state index contributed by atoms with van der Waals surface area (Å²) < 4.78 is 5.75. The summed E-state index contributed by atoms with van der Waals surface area (Å²) >= 11 is 0. The lowest BCUT2D eigenvalue weighted by atomic mass is 9.97. The van der Waals surface area contributed by atoms with Crippen LogP contribution in [0.15, 0.2) is 18.3 Å². The normalized spacial score (nSPS) is 24.1. The molecule has 1 saturated heterocycles. The number of hydrogen-bond donors (Lipinski definition) is 2. The van der Waals surface area contributed by atoms with Gasteiger partial charge in [-0.25, -0.2) is 4.98 Å². The number of pyridine rings is 1. The number of nitrogens with zero attached hydrogens (tertiary/aromatic N) is 2. The van der Waals surface area contributed by atoms with Crippen LogP contribution in [0.1, 0.15) is 58.8 Å². The average molecular weight is 389 g/mol. The van der Waals surface area contributed by atoms with Crippen molar-refractivity contribution in [3.8, 4) is 0 Å². The number of morpholine rings is 1. The maximum absolute atomic E-state index is 12.2. The fraction of sp³-hybridized carbons (Fsp3) is 0.667. The van der Waals surface area contributed by atoms with Crippen molar-refractivity contribution < 1.29 is 14.3 Å². The Balaban J connectivity index is 1.51. The van der Waals surface area contributed by atoms with Crippen molar-refractivity contribution in [2.75, 3.05) is 23.3 Å². The molecule has 7 heteroatoms. The molecule has 0 radical (unpaired) electrons. The number of anilines is 2. The lowest BCUT2D eigenvalue weighted by molar-refractivity contribution is -0.136. The summed E-state index contributed by atoms with van der Waals surface area (Å²) in [5.41, 5.74) is 0.524. The second-order valence-electron chi connectivity index (χ2n) is 8.04. The molecule has 2 atom stereocenters. The van der Waals surface area contributed by atoms with E-state index < -0.39 is 11.8 Å². The van der Waals surface area contributed by atoms with Gasteiger partial charge in [0.25, 0.3) is 0 Å². The highest BCUT2D eigenvalue weighted by Crippen LogP contribution is 2.20. The zero-order valence-corrected chi connectivity index (χ0v) is 16.9. The molecule has 0 bridgehead atoms. The van der Waals surface area contributed by atoms with Gasteiger partial charge in [-0.2, -0.15) is 0 Å². The summed E-state index contributed by atoms with van der Waals surface area (Å²) in [7, 11) is 0. The third kappa shape index (κ3) is 5.92. The molecule has 2 heterocycles. The third-order valence-electron chi connectivity index (χ3n) is 5.40. The minimum atomic E-state index is -0.634. The van der Waals surface area contributed by atoms with Crippen LogP contribution in [0.25, 0.3) is 0 Å². The first kappa shape index (κ1) is 20.6. The van der Waals surface area contributed by atoms with Gasteiger partial charge >= 0.3 is 11.8 Å². The molecule has 2 amide bonds. The van der Waals surface area contributed by atoms with Gasteiger partial charge in [-0.1, -0.05) is 32.1 Å². The predicted molar refractivity (Wildman–Crippen MR) is 109 cm³/mol. The van der Waals surface area contributed by atoms with Crippen LogP contribution in [0.5, 0.6) is 0 Å². The maximum atomic E-state index is 12.2. The highest BCUT2D eigenvalue weighted by atomic mass is 16.5. The number of hydrogen-bond acceptors (Lipinski definition) is 5. The van der Waals surface area contributed by atoms with Crippen molar-refractivity contribution in [1.29, 1.82) is 0 Å². The maximum Gasteiger partial charge on any atom is 0.313 e. The van der Waals surface area contributed by atoms with E-state index in [0.717, 1.165) is 44.6 Å². The highest BCUT2D eigenvalue weighted by molar-refractivity contribution is 6.39. The van der Waals surface area contributed by atoms with E-state index in [9.17, 15) is 9.59 Å². The Morgan fingerprint density at radius 1 is 1.00 bits per heavy atom. The summed E-state index contributed by atoms with van der Waals surface area (Å²) in [6.07, 6.45) is 9.70. The first-order chi connectivity index (χ1) is 13.5. The van der Waals surface area contributed by atoms with E-state index in [1.54, 1.807) is 12.3 Å². The fourth-order valence-corrected chi connectivity index (χ4v) is 4.05. The Bertz CT molecular complexity index is 646. The molecule has 1 aliphatic heterocycles. The molecule has 0 unspecified atom stereocenters. The zero-order valence-electron chi connectivity index (χ0n) is 16.9. The van der Waals surface area contributed by atoms with Crippen molar-refractivity contribution in [3.63, 3.8) is 0 Å². The second kappa shape index (κ2) is 9.87. The van der Waals surface area contributed by atoms with Gasteiger partial charge in [0.1, 0.15) is 5.82 Å². The van der Waals surface area contributed by atoms with E-state index >= 15 is 0 Å². The van der Waals surface area contributed by atoms with Crippen molar-refractivity contribution in [2.24, 2.45) is 0 Å². The number of aromatic nitrogens is 1. The van der Waals surface area contributed by atoms with Crippen LogP contribution in [0.4, 0.5) is 11.5 Å². The molecule has 2 aliphatic rings. The van der Waals surface area contributed by atoms with E-state index in [0.29, 0.717) is 5.69 Å². The monoisotopic (exact) mass is 388 g/mol. The standard InChI is InChI=1S/C21H32N4O3/c1-15-13-25(14-16(2)28-15)19-11-10-18(12-22-19)24-21(27)20(26)23-17-8-6-4-3-5-7-9-17/h10-12,15-17H,3-9,13-14H2,1-2H3,(H,23,26)(H,24,27)/t15-,16-/m0/s1. The molecular formula is C21H32N4O3. The number of carbonyl (C=O) groups excluding carboxylic acids is 2. The van der Waals surface area contributed by atoms with Gasteiger partial charge in [-0.3, -0.25) is 9.59 Å². The quantitative estimate of drug-likeness (QED) is 0.778. The number of nitrogens with one attached hydrogen (secondary N) is 2. The van der Waals surface area contributed by atoms with Crippen molar-refractivity contribution in [2.45, 2.75) is 77.0 Å². The Hall–Kier alpha value is -2.15. The van der Waals surface area contributed by atoms with E-state index in [2.05, 4.69) is 20.5 Å². The van der Waals surface area contributed by atoms with Gasteiger partial charge in [0.05, 0.1) is 24.1 Å². The Morgan fingerprint density at radius 3 is 2.25 bits per heavy atom. The average Bonchev–Trinajstić information content (AvgIpc) is 2.63. The lowest BCUT2D eigenvalue weighted by Gasteiger charge is -2.36. The molecule has 154 valence electrons. The number of amides is 2. The first-order valence-corrected chi connectivity index (χ1v) is 10.5. The summed E-state index contributed by atoms with van der Waals surface area (Å²) in [6, 6.07) is 3.76. The first-order valence-electron chi connectivity index (χ1n) is 10.5. The molecule has 1 aromatic rings. The highest BCUT2D eigenvalue weighted by Gasteiger charge is 2.23. The summed E-state index contributed by atoms with van der Waals surface area (Å²) in [6.45, 7) is 5.66. The van der Waals surface area contributed by atoms with Crippen LogP contribution in [-0.2, 0) is 14.3 Å². The van der Waals surface area contributed by atoms with Crippen LogP contribution in [0.3, 0.4) is 0 Å². The fourth-order valence-electron chi connectivity index (χ4n) is 4.05. The molecule has 1 aromatic heterocycles. The Kier molecular flexibility index (Phi) is 7.25. The number of rotatable bonds is 3. The molecule has 1 saturated carbocycles. The molecule has 2 N–H and O–H groups in total. The Morgan fingerprint density at radius 2 is 1.64 bits per heavy atom. The zero-order chi connectivity index (χ0) is 19.9. The van der Waals surface area contributed by atoms with E-state index in [1.807, 2.05) is 19.9 Å². The van der Waals surface area contributed by atoms with Gasteiger partial charge < -0.3 is 20.3 Å². The molecule has 28 heavy (non-hydrogen) atoms. The van der Waals surface area contributed by atoms with Gasteiger partial charge in [0, 0.05) is 19.1 Å². The topological polar surface area (TPSA) is 83.6 Å². The molecule has 7 nitrogen and oxygen atoms in total. The van der Waals surface area contributed by atoms with Gasteiger partial charge in [-0.15, -0.1) is 0 Å². The van der Waals surface area contributed by atoms with Crippen LogP contribution >= 0.6 is 0 Å². The SMILES string of the molecule is C[C@H]1CN(c2ccc(NC(=O)C(=O)NC3CCCCCCC3)cn2)C[C@H](C)O1. The largest absolute Gasteiger partial charge is 0.372 e. The minimum absolute atomic E-state index is 0.101. The molecule has 0 spiro atoms. The Labute approximate surface area is 167 Å². The van der Waals surface area contributed by atoms with Crippen LogP contribution < -0.4 is 15.5 Å². The van der Waals surface area contributed by atoms with Gasteiger partial charge in [0.2, 0.25) is 0 Å². The number of ether oxygens (including phenoxy) is 1. The van der Waals surface area contributed by atoms with Crippen molar-refractivity contribution in [1.82, 2.24) is 10.3 Å². The summed E-state index contributed by atoms with van der Waals surface area (Å²) in [5, 5.41) is 5.54. The molecule has 2 fully saturated rings. The molecular weight excluding hydrogens is 356 g/mol. The third-order valence-corrected chi connectivity index (χ3v) is 5.40. The van der Waals surface area contributed by atoms with Crippen LogP contribution in [-0.4, -0.2) is 48.1 Å². The van der Waals surface area contributed by atoms with Gasteiger partial charge in [-0.05, 0) is 38.8 Å². The number of carbonyl (C=O) groups is 2. The van der Waals surface area contributed by atoms with Crippen LogP contribution in [0, 0.1) is 0 Å².